The van der Waals surface area contributed by atoms with Gasteiger partial charge in [0.1, 0.15) is 0 Å². The van der Waals surface area contributed by atoms with E-state index in [2.05, 4.69) is 15.9 Å². The third-order valence-corrected chi connectivity index (χ3v) is 3.58. The molecule has 2 aromatic carbocycles. The highest BCUT2D eigenvalue weighted by atomic mass is 79.9. The number of hydrogen-bond donors (Lipinski definition) is 0. The zero-order valence-corrected chi connectivity index (χ0v) is 10.8. The molecule has 0 amide bonds. The van der Waals surface area contributed by atoms with Crippen LogP contribution in [0.4, 0.5) is 0 Å². The Morgan fingerprint density at radius 2 is 1.40 bits per heavy atom. The van der Waals surface area contributed by atoms with Gasteiger partial charge < -0.3 is 0 Å². The molecular weight excluding hydrogens is 295 g/mol. The Labute approximate surface area is 107 Å². The lowest BCUT2D eigenvalue weighted by molar-refractivity contribution is 1.59. The zero-order chi connectivity index (χ0) is 10.8. The first-order chi connectivity index (χ1) is 7.16. The van der Waals surface area contributed by atoms with Gasteiger partial charge in [0.15, 0.2) is 0 Å². The van der Waals surface area contributed by atoms with Crippen LogP contribution in [0.25, 0.3) is 11.1 Å². The standard InChI is InChI=1S/C12H7BrCl2/c13-11-6-3-9(7-12(11)15)8-1-4-10(14)5-2-8/h1-7H. The van der Waals surface area contributed by atoms with Crippen molar-refractivity contribution in [2.45, 2.75) is 0 Å². The van der Waals surface area contributed by atoms with E-state index in [1.807, 2.05) is 42.5 Å². The Hall–Kier alpha value is -0.500. The van der Waals surface area contributed by atoms with E-state index in [1.54, 1.807) is 0 Å². The second-order valence-electron chi connectivity index (χ2n) is 3.14. The number of hydrogen-bond acceptors (Lipinski definition) is 0. The predicted octanol–water partition coefficient (Wildman–Crippen LogP) is 5.42. The molecule has 0 aliphatic heterocycles. The zero-order valence-electron chi connectivity index (χ0n) is 7.68. The molecule has 15 heavy (non-hydrogen) atoms. The van der Waals surface area contributed by atoms with E-state index < -0.39 is 0 Å². The molecule has 0 heterocycles. The summed E-state index contributed by atoms with van der Waals surface area (Å²) in [6, 6.07) is 13.6. The third kappa shape index (κ3) is 2.54. The summed E-state index contributed by atoms with van der Waals surface area (Å²) in [6.45, 7) is 0. The van der Waals surface area contributed by atoms with Crippen LogP contribution in [-0.4, -0.2) is 0 Å². The van der Waals surface area contributed by atoms with Crippen LogP contribution in [0.2, 0.25) is 10.0 Å². The molecule has 0 unspecified atom stereocenters. The van der Waals surface area contributed by atoms with E-state index in [0.29, 0.717) is 5.02 Å². The minimum absolute atomic E-state index is 0.711. The maximum Gasteiger partial charge on any atom is 0.0554 e. The third-order valence-electron chi connectivity index (χ3n) is 2.10. The quantitative estimate of drug-likeness (QED) is 0.659. The van der Waals surface area contributed by atoms with Gasteiger partial charge in [0.2, 0.25) is 0 Å². The molecule has 0 saturated heterocycles. The second-order valence-corrected chi connectivity index (χ2v) is 4.83. The first-order valence-corrected chi connectivity index (χ1v) is 5.93. The molecule has 0 radical (unpaired) electrons. The highest BCUT2D eigenvalue weighted by Gasteiger charge is 2.01. The second kappa shape index (κ2) is 4.56. The van der Waals surface area contributed by atoms with Crippen molar-refractivity contribution in [3.8, 4) is 11.1 Å². The lowest BCUT2D eigenvalue weighted by atomic mass is 10.1. The molecule has 0 nitrogen and oxygen atoms in total. The fourth-order valence-corrected chi connectivity index (χ4v) is 1.87. The van der Waals surface area contributed by atoms with Crippen molar-refractivity contribution in [1.29, 1.82) is 0 Å². The van der Waals surface area contributed by atoms with Crippen LogP contribution in [0.1, 0.15) is 0 Å². The van der Waals surface area contributed by atoms with E-state index in [4.69, 9.17) is 23.2 Å². The van der Waals surface area contributed by atoms with Crippen LogP contribution >= 0.6 is 39.1 Å². The SMILES string of the molecule is Clc1ccc(-c2ccc(Br)c(Cl)c2)cc1. The molecule has 0 atom stereocenters. The minimum atomic E-state index is 0.711. The van der Waals surface area contributed by atoms with Crippen molar-refractivity contribution in [3.63, 3.8) is 0 Å². The van der Waals surface area contributed by atoms with Gasteiger partial charge in [-0.15, -0.1) is 0 Å². The van der Waals surface area contributed by atoms with Crippen LogP contribution in [0, 0.1) is 0 Å². The molecule has 2 aromatic rings. The van der Waals surface area contributed by atoms with E-state index in [0.717, 1.165) is 20.6 Å². The summed E-state index contributed by atoms with van der Waals surface area (Å²) in [7, 11) is 0. The molecular formula is C12H7BrCl2. The smallest absolute Gasteiger partial charge is 0.0554 e. The Kier molecular flexibility index (Phi) is 3.35. The number of halogens is 3. The average Bonchev–Trinajstić information content (AvgIpc) is 2.23. The van der Waals surface area contributed by atoms with Gasteiger partial charge in [-0.3, -0.25) is 0 Å². The highest BCUT2D eigenvalue weighted by Crippen LogP contribution is 2.29. The van der Waals surface area contributed by atoms with Crippen molar-refractivity contribution in [1.82, 2.24) is 0 Å². The van der Waals surface area contributed by atoms with E-state index in [1.165, 1.54) is 0 Å². The van der Waals surface area contributed by atoms with Gasteiger partial charge in [0, 0.05) is 9.50 Å². The lowest BCUT2D eigenvalue weighted by Gasteiger charge is -2.03. The minimum Gasteiger partial charge on any atom is -0.0843 e. The molecule has 3 heteroatoms. The van der Waals surface area contributed by atoms with Crippen molar-refractivity contribution in [2.24, 2.45) is 0 Å². The summed E-state index contributed by atoms with van der Waals surface area (Å²) >= 11 is 15.2. The normalized spacial score (nSPS) is 10.3. The predicted molar refractivity (Wildman–Crippen MR) is 69.6 cm³/mol. The molecule has 0 aromatic heterocycles. The van der Waals surface area contributed by atoms with Crippen molar-refractivity contribution >= 4 is 39.1 Å². The van der Waals surface area contributed by atoms with Crippen LogP contribution in [0.15, 0.2) is 46.9 Å². The maximum atomic E-state index is 6.02. The summed E-state index contributed by atoms with van der Waals surface area (Å²) in [4.78, 5) is 0. The Morgan fingerprint density at radius 1 is 0.800 bits per heavy atom. The van der Waals surface area contributed by atoms with Gasteiger partial charge in [0.05, 0.1) is 5.02 Å². The molecule has 0 spiro atoms. The fraction of sp³-hybridized carbons (Fsp3) is 0. The summed E-state index contributed by atoms with van der Waals surface area (Å²) in [5.74, 6) is 0. The van der Waals surface area contributed by atoms with Crippen molar-refractivity contribution in [2.75, 3.05) is 0 Å². The first-order valence-electron chi connectivity index (χ1n) is 4.38. The van der Waals surface area contributed by atoms with Crippen LogP contribution < -0.4 is 0 Å². The largest absolute Gasteiger partial charge is 0.0843 e. The molecule has 0 aliphatic carbocycles. The first kappa shape index (κ1) is 11.0. The molecule has 0 fully saturated rings. The summed E-state index contributed by atoms with van der Waals surface area (Å²) in [5.41, 5.74) is 2.19. The van der Waals surface area contributed by atoms with Gasteiger partial charge in [-0.05, 0) is 51.3 Å². The van der Waals surface area contributed by atoms with E-state index in [-0.39, 0.29) is 0 Å². The Bertz CT molecular complexity index is 477. The van der Waals surface area contributed by atoms with Crippen LogP contribution in [0.5, 0.6) is 0 Å². The highest BCUT2D eigenvalue weighted by molar-refractivity contribution is 9.10. The summed E-state index contributed by atoms with van der Waals surface area (Å²) < 4.78 is 0.905. The maximum absolute atomic E-state index is 6.02. The topological polar surface area (TPSA) is 0 Å². The van der Waals surface area contributed by atoms with Crippen molar-refractivity contribution < 1.29 is 0 Å². The lowest BCUT2D eigenvalue weighted by Crippen LogP contribution is -1.78. The molecule has 76 valence electrons. The Balaban J connectivity index is 2.45. The van der Waals surface area contributed by atoms with Crippen molar-refractivity contribution in [3.05, 3.63) is 57.0 Å². The van der Waals surface area contributed by atoms with Gasteiger partial charge in [-0.25, -0.2) is 0 Å². The average molecular weight is 302 g/mol. The van der Waals surface area contributed by atoms with Gasteiger partial charge in [0.25, 0.3) is 0 Å². The van der Waals surface area contributed by atoms with Gasteiger partial charge in [-0.1, -0.05) is 41.4 Å². The monoisotopic (exact) mass is 300 g/mol. The van der Waals surface area contributed by atoms with Gasteiger partial charge >= 0.3 is 0 Å². The molecule has 0 saturated carbocycles. The number of rotatable bonds is 1. The molecule has 0 N–H and O–H groups in total. The summed E-state index contributed by atoms with van der Waals surface area (Å²) in [5, 5.41) is 1.45. The fourth-order valence-electron chi connectivity index (χ4n) is 1.32. The molecule has 0 aliphatic rings. The number of benzene rings is 2. The van der Waals surface area contributed by atoms with Gasteiger partial charge in [-0.2, -0.15) is 0 Å². The van der Waals surface area contributed by atoms with Crippen LogP contribution in [0.3, 0.4) is 0 Å². The molecule has 0 bridgehead atoms. The van der Waals surface area contributed by atoms with Crippen LogP contribution in [-0.2, 0) is 0 Å². The Morgan fingerprint density at radius 3 is 2.00 bits per heavy atom. The molecule has 2 rings (SSSR count). The van der Waals surface area contributed by atoms with E-state index >= 15 is 0 Å². The summed E-state index contributed by atoms with van der Waals surface area (Å²) in [6.07, 6.45) is 0. The van der Waals surface area contributed by atoms with E-state index in [9.17, 15) is 0 Å².